The van der Waals surface area contributed by atoms with Gasteiger partial charge in [-0.2, -0.15) is 0 Å². The third-order valence-electron chi connectivity index (χ3n) is 8.65. The van der Waals surface area contributed by atoms with Crippen molar-refractivity contribution in [2.75, 3.05) is 0 Å². The van der Waals surface area contributed by atoms with Gasteiger partial charge in [0.25, 0.3) is 5.91 Å². The molecule has 6 heteroatoms. The number of aromatic nitrogens is 2. The molecule has 36 heavy (non-hydrogen) atoms. The fourth-order valence-electron chi connectivity index (χ4n) is 6.38. The lowest BCUT2D eigenvalue weighted by atomic mass is 9.62. The maximum absolute atomic E-state index is 12.9. The average molecular weight is 483 g/mol. The number of H-pyrrole nitrogens is 1. The highest BCUT2D eigenvalue weighted by Gasteiger charge is 2.42. The van der Waals surface area contributed by atoms with E-state index in [1.54, 1.807) is 0 Å². The van der Waals surface area contributed by atoms with E-state index in [2.05, 4.69) is 22.5 Å². The molecule has 2 saturated carbocycles. The molecule has 0 bridgehead atoms. The zero-order chi connectivity index (χ0) is 24.6. The topological polar surface area (TPSA) is 86.9 Å². The van der Waals surface area contributed by atoms with E-state index in [0.717, 1.165) is 53.5 Å². The SMILES string of the molecule is CC1c2[nH]c(C3=CC=C(C(=O)NC4CC5CCCCC54)CC3)nc2C=CC1NC(=O)c1ccccc1. The van der Waals surface area contributed by atoms with Gasteiger partial charge in [-0.25, -0.2) is 4.98 Å². The number of aromatic amines is 1. The first-order chi connectivity index (χ1) is 17.6. The Hall–Kier alpha value is -3.41. The van der Waals surface area contributed by atoms with Gasteiger partial charge in [0.2, 0.25) is 5.91 Å². The Balaban J connectivity index is 1.10. The number of hydrogen-bond donors (Lipinski definition) is 3. The molecular weight excluding hydrogens is 448 g/mol. The average Bonchev–Trinajstić information content (AvgIpc) is 3.35. The summed E-state index contributed by atoms with van der Waals surface area (Å²) in [5.74, 6) is 2.49. The summed E-state index contributed by atoms with van der Waals surface area (Å²) in [6.07, 6.45) is 16.0. The van der Waals surface area contributed by atoms with Crippen LogP contribution in [0.3, 0.4) is 0 Å². The number of hydrogen-bond acceptors (Lipinski definition) is 3. The smallest absolute Gasteiger partial charge is 0.251 e. The predicted octanol–water partition coefficient (Wildman–Crippen LogP) is 5.14. The van der Waals surface area contributed by atoms with Gasteiger partial charge < -0.3 is 15.6 Å². The van der Waals surface area contributed by atoms with E-state index < -0.39 is 0 Å². The Labute approximate surface area is 212 Å². The molecule has 1 heterocycles. The number of nitrogens with zero attached hydrogens (tertiary/aromatic N) is 1. The summed E-state index contributed by atoms with van der Waals surface area (Å²) >= 11 is 0. The summed E-state index contributed by atoms with van der Waals surface area (Å²) in [7, 11) is 0. The highest BCUT2D eigenvalue weighted by Crippen LogP contribution is 2.45. The largest absolute Gasteiger partial charge is 0.349 e. The predicted molar refractivity (Wildman–Crippen MR) is 141 cm³/mol. The van der Waals surface area contributed by atoms with Crippen LogP contribution in [0.15, 0.2) is 54.1 Å². The monoisotopic (exact) mass is 482 g/mol. The van der Waals surface area contributed by atoms with Crippen LogP contribution in [0.4, 0.5) is 0 Å². The van der Waals surface area contributed by atoms with Crippen molar-refractivity contribution >= 4 is 23.5 Å². The van der Waals surface area contributed by atoms with Gasteiger partial charge in [0, 0.05) is 28.8 Å². The first-order valence-corrected chi connectivity index (χ1v) is 13.4. The van der Waals surface area contributed by atoms with Crippen molar-refractivity contribution in [3.8, 4) is 0 Å². The van der Waals surface area contributed by atoms with Crippen molar-refractivity contribution < 1.29 is 9.59 Å². The Morgan fingerprint density at radius 3 is 2.61 bits per heavy atom. The molecule has 0 radical (unpaired) electrons. The van der Waals surface area contributed by atoms with Gasteiger partial charge in [0.15, 0.2) is 0 Å². The molecule has 6 nitrogen and oxygen atoms in total. The number of fused-ring (bicyclic) bond motifs is 2. The number of benzene rings is 1. The van der Waals surface area contributed by atoms with Gasteiger partial charge >= 0.3 is 0 Å². The van der Waals surface area contributed by atoms with Gasteiger partial charge in [-0.05, 0) is 61.3 Å². The Kier molecular flexibility index (Phi) is 6.12. The molecule has 0 spiro atoms. The van der Waals surface area contributed by atoms with Crippen LogP contribution >= 0.6 is 0 Å². The number of carbonyl (C=O) groups excluding carboxylic acids is 2. The van der Waals surface area contributed by atoms with Crippen molar-refractivity contribution in [3.05, 3.63) is 76.9 Å². The quantitative estimate of drug-likeness (QED) is 0.552. The number of imidazole rings is 1. The Morgan fingerprint density at radius 2 is 1.83 bits per heavy atom. The summed E-state index contributed by atoms with van der Waals surface area (Å²) < 4.78 is 0. The lowest BCUT2D eigenvalue weighted by Gasteiger charge is -2.48. The normalized spacial score (nSPS) is 28.6. The lowest BCUT2D eigenvalue weighted by molar-refractivity contribution is -0.120. The van der Waals surface area contributed by atoms with Gasteiger partial charge in [-0.1, -0.05) is 62.6 Å². The van der Waals surface area contributed by atoms with Crippen molar-refractivity contribution in [1.82, 2.24) is 20.6 Å². The molecule has 0 aliphatic heterocycles. The van der Waals surface area contributed by atoms with Crippen molar-refractivity contribution in [3.63, 3.8) is 0 Å². The van der Waals surface area contributed by atoms with Gasteiger partial charge in [0.1, 0.15) is 5.82 Å². The van der Waals surface area contributed by atoms with E-state index in [-0.39, 0.29) is 23.8 Å². The number of nitrogens with one attached hydrogen (secondary N) is 3. The van der Waals surface area contributed by atoms with E-state index in [1.165, 1.54) is 25.7 Å². The van der Waals surface area contributed by atoms with Crippen LogP contribution in [0.5, 0.6) is 0 Å². The standard InChI is InChI=1S/C30H34N4O2/c1-18-24(32-29(35)20-7-3-2-4-8-20)15-16-25-27(18)34-28(31-25)19-11-13-21(14-12-19)30(36)33-26-17-22-9-5-6-10-23(22)26/h2-4,7-8,11,13,15-16,18,22-24,26H,5-6,9-10,12,14,17H2,1H3,(H,31,34)(H,32,35)(H,33,36). The van der Waals surface area contributed by atoms with Crippen molar-refractivity contribution in [2.24, 2.45) is 11.8 Å². The van der Waals surface area contributed by atoms with E-state index >= 15 is 0 Å². The summed E-state index contributed by atoms with van der Waals surface area (Å²) in [6.45, 7) is 2.11. The molecule has 0 saturated heterocycles. The number of rotatable bonds is 5. The molecule has 4 aliphatic rings. The van der Waals surface area contributed by atoms with E-state index in [0.29, 0.717) is 17.5 Å². The zero-order valence-electron chi connectivity index (χ0n) is 20.8. The molecule has 4 aliphatic carbocycles. The highest BCUT2D eigenvalue weighted by atomic mass is 16.2. The second-order valence-electron chi connectivity index (χ2n) is 10.8. The molecule has 5 atom stereocenters. The molecule has 1 aromatic carbocycles. The molecule has 6 rings (SSSR count). The van der Waals surface area contributed by atoms with Gasteiger partial charge in [0.05, 0.1) is 11.7 Å². The van der Waals surface area contributed by atoms with Crippen molar-refractivity contribution in [2.45, 2.75) is 69.9 Å². The fourth-order valence-corrected chi connectivity index (χ4v) is 6.38. The van der Waals surface area contributed by atoms with Gasteiger partial charge in [-0.15, -0.1) is 0 Å². The third kappa shape index (κ3) is 4.34. The van der Waals surface area contributed by atoms with Crippen LogP contribution in [-0.2, 0) is 4.79 Å². The fraction of sp³-hybridized carbons (Fsp3) is 0.433. The number of allylic oxidation sites excluding steroid dienone is 3. The third-order valence-corrected chi connectivity index (χ3v) is 8.65. The molecular formula is C30H34N4O2. The summed E-state index contributed by atoms with van der Waals surface area (Å²) in [5.41, 5.74) is 4.59. The summed E-state index contributed by atoms with van der Waals surface area (Å²) in [6, 6.07) is 9.55. The van der Waals surface area contributed by atoms with Crippen LogP contribution in [-0.4, -0.2) is 33.9 Å². The van der Waals surface area contributed by atoms with Crippen LogP contribution in [0.2, 0.25) is 0 Å². The molecule has 5 unspecified atom stereocenters. The highest BCUT2D eigenvalue weighted by molar-refractivity contribution is 5.95. The van der Waals surface area contributed by atoms with E-state index in [9.17, 15) is 9.59 Å². The first kappa shape index (κ1) is 23.0. The molecule has 2 fully saturated rings. The van der Waals surface area contributed by atoms with Crippen LogP contribution < -0.4 is 10.6 Å². The van der Waals surface area contributed by atoms with Crippen LogP contribution in [0.25, 0.3) is 11.6 Å². The summed E-state index contributed by atoms with van der Waals surface area (Å²) in [5, 5.41) is 6.45. The minimum absolute atomic E-state index is 0.0751. The Morgan fingerprint density at radius 1 is 1.00 bits per heavy atom. The summed E-state index contributed by atoms with van der Waals surface area (Å²) in [4.78, 5) is 33.9. The van der Waals surface area contributed by atoms with E-state index in [1.807, 2.05) is 54.6 Å². The number of carbonyl (C=O) groups is 2. The van der Waals surface area contributed by atoms with E-state index in [4.69, 9.17) is 4.98 Å². The first-order valence-electron chi connectivity index (χ1n) is 13.4. The second-order valence-corrected chi connectivity index (χ2v) is 10.8. The maximum Gasteiger partial charge on any atom is 0.251 e. The zero-order valence-corrected chi connectivity index (χ0v) is 20.8. The van der Waals surface area contributed by atoms with Crippen LogP contribution in [0, 0.1) is 11.8 Å². The molecule has 3 N–H and O–H groups in total. The van der Waals surface area contributed by atoms with Gasteiger partial charge in [-0.3, -0.25) is 9.59 Å². The minimum atomic E-state index is -0.107. The molecule has 2 amide bonds. The molecule has 2 aromatic rings. The van der Waals surface area contributed by atoms with Crippen LogP contribution in [0.1, 0.15) is 85.4 Å². The lowest BCUT2D eigenvalue weighted by Crippen LogP contribution is -2.53. The molecule has 186 valence electrons. The molecule has 1 aromatic heterocycles. The second kappa shape index (κ2) is 9.57. The maximum atomic E-state index is 12.9. The number of amides is 2. The Bertz CT molecular complexity index is 1250. The van der Waals surface area contributed by atoms with Crippen molar-refractivity contribution in [1.29, 1.82) is 0 Å². The minimum Gasteiger partial charge on any atom is -0.349 e.